The Morgan fingerprint density at radius 2 is 1.68 bits per heavy atom. The molecule has 0 N–H and O–H groups in total. The van der Waals surface area contributed by atoms with E-state index in [2.05, 4.69) is 37.8 Å². The molecule has 0 heterocycles. The molecule has 19 heavy (non-hydrogen) atoms. The molecule has 0 bridgehead atoms. The van der Waals surface area contributed by atoms with Crippen molar-refractivity contribution < 1.29 is 4.74 Å². The number of hydrogen-bond donors (Lipinski definition) is 0. The van der Waals surface area contributed by atoms with Crippen LogP contribution in [-0.2, 0) is 6.42 Å². The van der Waals surface area contributed by atoms with Crippen LogP contribution in [0.1, 0.15) is 57.9 Å². The third kappa shape index (κ3) is 7.05. The zero-order valence-corrected chi connectivity index (χ0v) is 12.5. The van der Waals surface area contributed by atoms with E-state index in [1.807, 2.05) is 13.0 Å². The van der Waals surface area contributed by atoms with Crippen molar-refractivity contribution in [1.82, 2.24) is 0 Å². The number of aryl methyl sites for hydroxylation is 1. The number of hydrogen-bond acceptors (Lipinski definition) is 1. The Bertz CT molecular complexity index is 339. The molecule has 0 amide bonds. The minimum Gasteiger partial charge on any atom is -0.487 e. The number of rotatable bonds is 10. The summed E-state index contributed by atoms with van der Waals surface area (Å²) in [6, 6.07) is 8.48. The van der Waals surface area contributed by atoms with E-state index >= 15 is 0 Å². The summed E-state index contributed by atoms with van der Waals surface area (Å²) in [6.45, 7) is 7.98. The Labute approximate surface area is 118 Å². The third-order valence-corrected chi connectivity index (χ3v) is 3.40. The maximum absolute atomic E-state index is 5.67. The first-order valence-corrected chi connectivity index (χ1v) is 7.64. The fourth-order valence-corrected chi connectivity index (χ4v) is 2.11. The summed E-state index contributed by atoms with van der Waals surface area (Å²) < 4.78 is 5.67. The molecule has 1 rings (SSSR count). The lowest BCUT2D eigenvalue weighted by molar-refractivity contribution is 0.270. The zero-order valence-electron chi connectivity index (χ0n) is 12.5. The molecular formula is C18H28O. The van der Waals surface area contributed by atoms with Crippen LogP contribution in [0.4, 0.5) is 0 Å². The molecule has 1 unspecified atom stereocenters. The highest BCUT2D eigenvalue weighted by Gasteiger charge is 1.99. The molecule has 1 aromatic carbocycles. The first-order chi connectivity index (χ1) is 9.26. The van der Waals surface area contributed by atoms with Gasteiger partial charge in [0.05, 0.1) is 0 Å². The van der Waals surface area contributed by atoms with Gasteiger partial charge in [0.1, 0.15) is 11.9 Å². The van der Waals surface area contributed by atoms with E-state index in [0.717, 1.165) is 5.75 Å². The van der Waals surface area contributed by atoms with Gasteiger partial charge in [0, 0.05) is 0 Å². The van der Waals surface area contributed by atoms with Crippen molar-refractivity contribution in [3.05, 3.63) is 42.5 Å². The number of unbranched alkanes of at least 4 members (excludes halogenated alkanes) is 5. The molecule has 0 aliphatic heterocycles. The predicted molar refractivity (Wildman–Crippen MR) is 83.8 cm³/mol. The molecule has 1 nitrogen and oxygen atoms in total. The van der Waals surface area contributed by atoms with Gasteiger partial charge in [0.2, 0.25) is 0 Å². The molecule has 0 aliphatic rings. The van der Waals surface area contributed by atoms with E-state index in [-0.39, 0.29) is 6.10 Å². The van der Waals surface area contributed by atoms with Crippen LogP contribution in [0.2, 0.25) is 0 Å². The van der Waals surface area contributed by atoms with Crippen LogP contribution >= 0.6 is 0 Å². The Morgan fingerprint density at radius 1 is 1.05 bits per heavy atom. The quantitative estimate of drug-likeness (QED) is 0.396. The highest BCUT2D eigenvalue weighted by molar-refractivity contribution is 5.27. The van der Waals surface area contributed by atoms with Gasteiger partial charge in [-0.05, 0) is 37.5 Å². The van der Waals surface area contributed by atoms with Crippen molar-refractivity contribution in [2.45, 2.75) is 64.9 Å². The van der Waals surface area contributed by atoms with Gasteiger partial charge in [0.15, 0.2) is 0 Å². The molecule has 1 atom stereocenters. The van der Waals surface area contributed by atoms with Crippen LogP contribution in [0.3, 0.4) is 0 Å². The average molecular weight is 260 g/mol. The maximum atomic E-state index is 5.67. The minimum atomic E-state index is 0.0735. The van der Waals surface area contributed by atoms with E-state index in [1.54, 1.807) is 0 Å². The summed E-state index contributed by atoms with van der Waals surface area (Å²) in [7, 11) is 0. The van der Waals surface area contributed by atoms with Crippen molar-refractivity contribution >= 4 is 0 Å². The van der Waals surface area contributed by atoms with E-state index in [0.29, 0.717) is 0 Å². The van der Waals surface area contributed by atoms with E-state index in [4.69, 9.17) is 4.74 Å². The second-order valence-corrected chi connectivity index (χ2v) is 5.22. The van der Waals surface area contributed by atoms with Gasteiger partial charge in [-0.3, -0.25) is 0 Å². The molecule has 1 aromatic rings. The highest BCUT2D eigenvalue weighted by atomic mass is 16.5. The standard InChI is InChI=1S/C18H28O/c1-4-6-7-8-9-10-11-17-12-14-18(15-13-17)19-16(3)5-2/h5,12-16H,2,4,6-11H2,1,3H3. The summed E-state index contributed by atoms with van der Waals surface area (Å²) in [5, 5.41) is 0. The first-order valence-electron chi connectivity index (χ1n) is 7.64. The topological polar surface area (TPSA) is 9.23 Å². The van der Waals surface area contributed by atoms with Crippen molar-refractivity contribution in [3.8, 4) is 5.75 Å². The average Bonchev–Trinajstić information content (AvgIpc) is 2.44. The Balaban J connectivity index is 2.22. The lowest BCUT2D eigenvalue weighted by atomic mass is 10.0. The largest absolute Gasteiger partial charge is 0.487 e. The van der Waals surface area contributed by atoms with Crippen LogP contribution in [0.15, 0.2) is 36.9 Å². The summed E-state index contributed by atoms with van der Waals surface area (Å²) in [6.07, 6.45) is 11.2. The van der Waals surface area contributed by atoms with E-state index in [9.17, 15) is 0 Å². The normalized spacial score (nSPS) is 12.1. The van der Waals surface area contributed by atoms with Crippen LogP contribution in [0.25, 0.3) is 0 Å². The third-order valence-electron chi connectivity index (χ3n) is 3.40. The van der Waals surface area contributed by atoms with Gasteiger partial charge in [-0.25, -0.2) is 0 Å². The molecular weight excluding hydrogens is 232 g/mol. The second kappa shape index (κ2) is 9.66. The molecule has 106 valence electrons. The van der Waals surface area contributed by atoms with Gasteiger partial charge < -0.3 is 4.74 Å². The molecule has 0 fully saturated rings. The first kappa shape index (κ1) is 15.8. The summed E-state index contributed by atoms with van der Waals surface area (Å²) in [5.41, 5.74) is 1.41. The minimum absolute atomic E-state index is 0.0735. The zero-order chi connectivity index (χ0) is 13.9. The molecule has 0 aromatic heterocycles. The smallest absolute Gasteiger partial charge is 0.120 e. The van der Waals surface area contributed by atoms with Crippen LogP contribution in [0.5, 0.6) is 5.75 Å². The number of benzene rings is 1. The molecule has 0 aliphatic carbocycles. The summed E-state index contributed by atoms with van der Waals surface area (Å²) >= 11 is 0. The molecule has 0 radical (unpaired) electrons. The fourth-order valence-electron chi connectivity index (χ4n) is 2.11. The van der Waals surface area contributed by atoms with Gasteiger partial charge >= 0.3 is 0 Å². The van der Waals surface area contributed by atoms with Gasteiger partial charge in [-0.15, -0.1) is 0 Å². The van der Waals surface area contributed by atoms with Gasteiger partial charge in [-0.2, -0.15) is 0 Å². The van der Waals surface area contributed by atoms with Crippen LogP contribution < -0.4 is 4.74 Å². The van der Waals surface area contributed by atoms with Crippen molar-refractivity contribution in [3.63, 3.8) is 0 Å². The van der Waals surface area contributed by atoms with Crippen LogP contribution in [-0.4, -0.2) is 6.10 Å². The predicted octanol–water partition coefficient (Wildman–Crippen LogP) is 5.54. The maximum Gasteiger partial charge on any atom is 0.120 e. The molecule has 0 spiro atoms. The van der Waals surface area contributed by atoms with Crippen LogP contribution in [0, 0.1) is 0 Å². The van der Waals surface area contributed by atoms with Gasteiger partial charge in [0.25, 0.3) is 0 Å². The SMILES string of the molecule is C=CC(C)Oc1ccc(CCCCCCCC)cc1. The Morgan fingerprint density at radius 3 is 2.32 bits per heavy atom. The Kier molecular flexibility index (Phi) is 8.04. The van der Waals surface area contributed by atoms with Gasteiger partial charge in [-0.1, -0.05) is 63.8 Å². The molecule has 0 saturated heterocycles. The van der Waals surface area contributed by atoms with Crippen molar-refractivity contribution in [2.75, 3.05) is 0 Å². The molecule has 1 heteroatoms. The lowest BCUT2D eigenvalue weighted by Crippen LogP contribution is -2.07. The summed E-state index contributed by atoms with van der Waals surface area (Å²) in [4.78, 5) is 0. The van der Waals surface area contributed by atoms with E-state index in [1.165, 1.54) is 50.5 Å². The fraction of sp³-hybridized carbons (Fsp3) is 0.556. The monoisotopic (exact) mass is 260 g/mol. The highest BCUT2D eigenvalue weighted by Crippen LogP contribution is 2.16. The summed E-state index contributed by atoms with van der Waals surface area (Å²) in [5.74, 6) is 0.930. The Hall–Kier alpha value is -1.24. The van der Waals surface area contributed by atoms with Crippen molar-refractivity contribution in [1.29, 1.82) is 0 Å². The second-order valence-electron chi connectivity index (χ2n) is 5.22. The van der Waals surface area contributed by atoms with Crippen molar-refractivity contribution in [2.24, 2.45) is 0 Å². The van der Waals surface area contributed by atoms with E-state index < -0.39 is 0 Å². The molecule has 0 saturated carbocycles. The lowest BCUT2D eigenvalue weighted by Gasteiger charge is -2.10. The number of ether oxygens (including phenoxy) is 1.